The molecule has 23 N–H and O–H groups in total. The first-order valence-corrected chi connectivity index (χ1v) is 26.4. The number of guanidine groups is 2. The fourth-order valence-electron chi connectivity index (χ4n) is 7.60. The van der Waals surface area contributed by atoms with E-state index in [2.05, 4.69) is 52.5 Å². The second-order valence-corrected chi connectivity index (χ2v) is 19.2. The van der Waals surface area contributed by atoms with Gasteiger partial charge in [-0.1, -0.05) is 50.6 Å². The molecule has 0 saturated carbocycles. The highest BCUT2D eigenvalue weighted by Crippen LogP contribution is 2.13. The number of carbonyl (C=O) groups excluding carboxylic acids is 8. The molecular formula is C50H79N15O18. The van der Waals surface area contributed by atoms with Gasteiger partial charge in [-0.05, 0) is 69.8 Å². The van der Waals surface area contributed by atoms with E-state index >= 15 is 0 Å². The SMILES string of the molecule is CC[C@H](C)[C@H](NC(=O)[C@H](CCC(=O)O)NC(=O)[C@H](CCC(=O)O)NC(=O)[C@@H](N)CCC(=O)O)C(=O)N[C@@H](CCCN=C(N)N)C(=O)N[C@@H](CCC(=O)O)C(=O)N[C@@H](C)C(=O)N[C@@H](Cc1ccccc1)C(=O)N[C@@H](CCCN=C(N)N)C(=O)O. The minimum Gasteiger partial charge on any atom is -0.481 e. The van der Waals surface area contributed by atoms with Crippen LogP contribution >= 0.6 is 0 Å². The number of carboxylic acids is 5. The second kappa shape index (κ2) is 37.7. The lowest BCUT2D eigenvalue weighted by Crippen LogP contribution is -2.61. The number of hydrogen-bond donors (Lipinski definition) is 18. The molecule has 1 aromatic rings. The van der Waals surface area contributed by atoms with Gasteiger partial charge in [0.15, 0.2) is 11.9 Å². The number of nitrogens with zero attached hydrogens (tertiary/aromatic N) is 2. The molecule has 0 aliphatic carbocycles. The van der Waals surface area contributed by atoms with Gasteiger partial charge in [-0.15, -0.1) is 0 Å². The van der Waals surface area contributed by atoms with Crippen LogP contribution in [-0.4, -0.2) is 182 Å². The first-order valence-electron chi connectivity index (χ1n) is 26.4. The Labute approximate surface area is 476 Å². The van der Waals surface area contributed by atoms with Gasteiger partial charge in [0.2, 0.25) is 47.3 Å². The van der Waals surface area contributed by atoms with Crippen molar-refractivity contribution in [3.63, 3.8) is 0 Å². The largest absolute Gasteiger partial charge is 0.481 e. The zero-order chi connectivity index (χ0) is 62.9. The first-order chi connectivity index (χ1) is 38.9. The predicted octanol–water partition coefficient (Wildman–Crippen LogP) is -4.85. The third kappa shape index (κ3) is 29.7. The highest BCUT2D eigenvalue weighted by Gasteiger charge is 2.36. The fraction of sp³-hybridized carbons (Fsp3) is 0.580. The van der Waals surface area contributed by atoms with Gasteiger partial charge in [0.05, 0.1) is 6.04 Å². The fourth-order valence-corrected chi connectivity index (χ4v) is 7.60. The topological polar surface area (TPSA) is 574 Å². The Morgan fingerprint density at radius 3 is 1.24 bits per heavy atom. The number of benzene rings is 1. The Kier molecular flexibility index (Phi) is 32.6. The zero-order valence-corrected chi connectivity index (χ0v) is 46.3. The van der Waals surface area contributed by atoms with Crippen LogP contribution < -0.4 is 71.2 Å². The number of carbonyl (C=O) groups is 13. The molecule has 83 heavy (non-hydrogen) atoms. The van der Waals surface area contributed by atoms with Crippen molar-refractivity contribution in [2.75, 3.05) is 13.1 Å². The molecule has 33 nitrogen and oxygen atoms in total. The molecule has 0 radical (unpaired) electrons. The lowest BCUT2D eigenvalue weighted by atomic mass is 9.96. The first kappa shape index (κ1) is 71.8. The molecule has 0 aliphatic heterocycles. The average molecular weight is 1180 g/mol. The molecular weight excluding hydrogens is 1100 g/mol. The molecule has 8 amide bonds. The second-order valence-electron chi connectivity index (χ2n) is 19.2. The average Bonchev–Trinajstić information content (AvgIpc) is 3.43. The van der Waals surface area contributed by atoms with E-state index in [0.29, 0.717) is 5.56 Å². The summed E-state index contributed by atoms with van der Waals surface area (Å²) in [6, 6.07) is -5.89. The zero-order valence-electron chi connectivity index (χ0n) is 46.3. The monoisotopic (exact) mass is 1180 g/mol. The van der Waals surface area contributed by atoms with Crippen molar-refractivity contribution in [2.24, 2.45) is 44.6 Å². The van der Waals surface area contributed by atoms with Crippen molar-refractivity contribution in [3.05, 3.63) is 35.9 Å². The number of amides is 8. The van der Waals surface area contributed by atoms with E-state index in [-0.39, 0.29) is 70.0 Å². The summed E-state index contributed by atoms with van der Waals surface area (Å²) in [5.74, 6) is -16.7. The van der Waals surface area contributed by atoms with Crippen LogP contribution in [0, 0.1) is 5.92 Å². The molecule has 1 rings (SSSR count). The van der Waals surface area contributed by atoms with Crippen LogP contribution in [0.3, 0.4) is 0 Å². The van der Waals surface area contributed by atoms with Crippen molar-refractivity contribution in [3.8, 4) is 0 Å². The summed E-state index contributed by atoms with van der Waals surface area (Å²) in [6.07, 6.45) is -5.04. The van der Waals surface area contributed by atoms with Crippen LogP contribution in [-0.2, 0) is 68.7 Å². The Morgan fingerprint density at radius 1 is 0.446 bits per heavy atom. The van der Waals surface area contributed by atoms with Crippen LogP contribution in [0.25, 0.3) is 0 Å². The minimum absolute atomic E-state index is 0.0178. The van der Waals surface area contributed by atoms with E-state index in [4.69, 9.17) is 33.8 Å². The molecule has 0 aliphatic rings. The molecule has 10 atom stereocenters. The molecule has 0 saturated heterocycles. The molecule has 33 heteroatoms. The van der Waals surface area contributed by atoms with Crippen LogP contribution in [0.5, 0.6) is 0 Å². The maximum atomic E-state index is 14.3. The number of carboxylic acid groups (broad SMARTS) is 5. The van der Waals surface area contributed by atoms with E-state index in [1.54, 1.807) is 37.3 Å². The predicted molar refractivity (Wildman–Crippen MR) is 294 cm³/mol. The van der Waals surface area contributed by atoms with Gasteiger partial charge in [0, 0.05) is 45.2 Å². The summed E-state index contributed by atoms with van der Waals surface area (Å²) < 4.78 is 0. The van der Waals surface area contributed by atoms with E-state index < -0.39 is 182 Å². The third-order valence-electron chi connectivity index (χ3n) is 12.4. The molecule has 462 valence electrons. The maximum absolute atomic E-state index is 14.3. The third-order valence-corrected chi connectivity index (χ3v) is 12.4. The molecule has 0 aromatic heterocycles. The van der Waals surface area contributed by atoms with Gasteiger partial charge in [0.1, 0.15) is 48.3 Å². The standard InChI is InChI=1S/C50H79N15O18/c1-4-25(2)39(65-45(79)32(17-21-38(72)73)61-44(78)31(16-20-37(70)71)59-41(75)28(51)14-18-35(66)67)47(81)62-29(12-8-22-56-49(52)53)43(77)60-30(15-19-36(68)69)42(76)58-26(3)40(74)64-34(24-27-10-6-5-7-11-27)46(80)63-33(48(82)83)13-9-23-57-50(54)55/h5-7,10-11,25-26,28-34,39H,4,8-9,12-24,51H2,1-3H3,(H,58,76)(H,59,75)(H,60,77)(H,61,78)(H,62,81)(H,63,80)(H,64,74)(H,65,79)(H,66,67)(H,68,69)(H,70,71)(H,72,73)(H,82,83)(H4,52,53,56)(H4,54,55,57)/t25-,26-,28-,29-,30-,31-,32-,33-,34-,39-/m0/s1. The van der Waals surface area contributed by atoms with E-state index in [0.717, 1.165) is 0 Å². The summed E-state index contributed by atoms with van der Waals surface area (Å²) >= 11 is 0. The molecule has 0 heterocycles. The van der Waals surface area contributed by atoms with Crippen molar-refractivity contribution >= 4 is 89.0 Å². The molecule has 1 aromatic carbocycles. The Morgan fingerprint density at radius 2 is 0.807 bits per heavy atom. The van der Waals surface area contributed by atoms with E-state index in [1.807, 2.05) is 0 Å². The lowest BCUT2D eigenvalue weighted by Gasteiger charge is -2.29. The van der Waals surface area contributed by atoms with Crippen LogP contribution in [0.2, 0.25) is 0 Å². The quantitative estimate of drug-likeness (QED) is 0.0166. The summed E-state index contributed by atoms with van der Waals surface area (Å²) in [4.78, 5) is 176. The van der Waals surface area contributed by atoms with Crippen molar-refractivity contribution in [1.29, 1.82) is 0 Å². The number of aliphatic imine (C=N–C) groups is 2. The normalized spacial score (nSPS) is 14.4. The summed E-state index contributed by atoms with van der Waals surface area (Å²) in [5.41, 5.74) is 27.9. The van der Waals surface area contributed by atoms with Gasteiger partial charge in [-0.3, -0.25) is 67.5 Å². The van der Waals surface area contributed by atoms with Crippen LogP contribution in [0.15, 0.2) is 40.3 Å². The highest BCUT2D eigenvalue weighted by atomic mass is 16.4. The Balaban J connectivity index is 3.56. The van der Waals surface area contributed by atoms with Gasteiger partial charge in [-0.2, -0.15) is 0 Å². The number of hydrogen-bond acceptors (Lipinski definition) is 16. The summed E-state index contributed by atoms with van der Waals surface area (Å²) in [6.45, 7) is 4.30. The molecule has 0 bridgehead atoms. The Bertz CT molecular complexity index is 2470. The molecule has 0 unspecified atom stereocenters. The van der Waals surface area contributed by atoms with Gasteiger partial charge in [-0.25, -0.2) is 4.79 Å². The van der Waals surface area contributed by atoms with E-state index in [1.165, 1.54) is 13.8 Å². The number of nitrogens with two attached hydrogens (primary N) is 5. The smallest absolute Gasteiger partial charge is 0.326 e. The Hall–Kier alpha value is -9.17. The van der Waals surface area contributed by atoms with Crippen LogP contribution in [0.1, 0.15) is 110 Å². The molecule has 0 fully saturated rings. The summed E-state index contributed by atoms with van der Waals surface area (Å²) in [5, 5.41) is 66.4. The van der Waals surface area contributed by atoms with Crippen molar-refractivity contribution in [1.82, 2.24) is 42.5 Å². The summed E-state index contributed by atoms with van der Waals surface area (Å²) in [7, 11) is 0. The van der Waals surface area contributed by atoms with Gasteiger partial charge >= 0.3 is 29.8 Å². The van der Waals surface area contributed by atoms with E-state index in [9.17, 15) is 82.8 Å². The van der Waals surface area contributed by atoms with Gasteiger partial charge < -0.3 is 96.7 Å². The number of nitrogens with one attached hydrogen (secondary N) is 8. The highest BCUT2D eigenvalue weighted by molar-refractivity contribution is 5.98. The number of rotatable bonds is 41. The lowest BCUT2D eigenvalue weighted by molar-refractivity contribution is -0.142. The number of aliphatic carboxylic acids is 5. The minimum atomic E-state index is -1.77. The molecule has 0 spiro atoms. The van der Waals surface area contributed by atoms with Crippen LogP contribution in [0.4, 0.5) is 0 Å². The van der Waals surface area contributed by atoms with Crippen molar-refractivity contribution < 1.29 is 87.9 Å². The van der Waals surface area contributed by atoms with Crippen molar-refractivity contribution in [2.45, 2.75) is 165 Å². The maximum Gasteiger partial charge on any atom is 0.326 e. The van der Waals surface area contributed by atoms with Gasteiger partial charge in [0.25, 0.3) is 0 Å².